The summed E-state index contributed by atoms with van der Waals surface area (Å²) in [6.07, 6.45) is -1.31. The van der Waals surface area contributed by atoms with Crippen molar-refractivity contribution in [2.24, 2.45) is 0 Å². The molecule has 1 aromatic carbocycles. The Balaban J connectivity index is 2.00. The number of carbonyl (C=O) groups excluding carboxylic acids is 1. The Bertz CT molecular complexity index is 866. The number of nitrogens with zero attached hydrogens (tertiary/aromatic N) is 2. The van der Waals surface area contributed by atoms with Gasteiger partial charge in [-0.25, -0.2) is 13.2 Å². The smallest absolute Gasteiger partial charge is 0.282 e. The number of amides is 1. The molecule has 0 atom stereocenters. The molecule has 1 fully saturated rings. The normalized spacial score (nSPS) is 14.6. The lowest BCUT2D eigenvalue weighted by atomic mass is 9.83. The van der Waals surface area contributed by atoms with Crippen molar-refractivity contribution in [3.8, 4) is 0 Å². The van der Waals surface area contributed by atoms with E-state index in [1.54, 1.807) is 4.90 Å². The molecule has 4 nitrogen and oxygen atoms in total. The predicted octanol–water partition coefficient (Wildman–Crippen LogP) is 5.23. The molecule has 0 unspecified atom stereocenters. The van der Waals surface area contributed by atoms with E-state index in [0.717, 1.165) is 29.5 Å². The third-order valence-electron chi connectivity index (χ3n) is 5.08. The first kappa shape index (κ1) is 20.4. The van der Waals surface area contributed by atoms with Gasteiger partial charge in [0.1, 0.15) is 12.4 Å². The van der Waals surface area contributed by atoms with E-state index in [0.29, 0.717) is 6.54 Å². The van der Waals surface area contributed by atoms with Crippen LogP contribution in [0.1, 0.15) is 78.5 Å². The summed E-state index contributed by atoms with van der Waals surface area (Å²) in [5.74, 6) is -0.583. The third-order valence-corrected chi connectivity index (χ3v) is 5.08. The van der Waals surface area contributed by atoms with Crippen LogP contribution in [0, 0.1) is 6.92 Å². The van der Waals surface area contributed by atoms with Gasteiger partial charge in [0.05, 0.1) is 11.3 Å². The Morgan fingerprint density at radius 1 is 1.32 bits per heavy atom. The van der Waals surface area contributed by atoms with Crippen molar-refractivity contribution < 1.29 is 18.0 Å². The maximum atomic E-state index is 13.3. The zero-order valence-corrected chi connectivity index (χ0v) is 16.7. The van der Waals surface area contributed by atoms with Crippen molar-refractivity contribution in [2.75, 3.05) is 0 Å². The van der Waals surface area contributed by atoms with Crippen LogP contribution in [0.2, 0.25) is 0 Å². The molecule has 28 heavy (non-hydrogen) atoms. The van der Waals surface area contributed by atoms with Crippen molar-refractivity contribution in [1.82, 2.24) is 15.1 Å². The largest absolute Gasteiger partial charge is 0.331 e. The number of rotatable bonds is 6. The first-order valence-corrected chi connectivity index (χ1v) is 9.45. The molecule has 1 aliphatic rings. The summed E-state index contributed by atoms with van der Waals surface area (Å²) in [5, 5.41) is 5.74. The number of alkyl halides is 3. The summed E-state index contributed by atoms with van der Waals surface area (Å²) in [5.41, 5.74) is 1.83. The number of hydrogen-bond acceptors (Lipinski definition) is 2. The first-order chi connectivity index (χ1) is 13.1. The van der Waals surface area contributed by atoms with E-state index in [1.165, 1.54) is 0 Å². The molecule has 1 saturated carbocycles. The lowest BCUT2D eigenvalue weighted by Crippen LogP contribution is -2.34. The predicted molar refractivity (Wildman–Crippen MR) is 101 cm³/mol. The highest BCUT2D eigenvalue weighted by molar-refractivity contribution is 5.97. The van der Waals surface area contributed by atoms with Crippen LogP contribution >= 0.6 is 0 Å². The SMILES string of the molecule is Cc1ccc(C(C)(C)C)c(CN(C(=O)c2c(C(F)F)n[nH]c2CF)C2CC2)c1. The van der Waals surface area contributed by atoms with Crippen LogP contribution in [0.15, 0.2) is 18.2 Å². The van der Waals surface area contributed by atoms with Crippen molar-refractivity contribution in [3.05, 3.63) is 51.8 Å². The third kappa shape index (κ3) is 4.08. The van der Waals surface area contributed by atoms with Crippen LogP contribution < -0.4 is 0 Å². The van der Waals surface area contributed by atoms with Crippen LogP contribution in [0.5, 0.6) is 0 Å². The minimum atomic E-state index is -2.94. The molecule has 1 aromatic heterocycles. The van der Waals surface area contributed by atoms with Gasteiger partial charge in [0, 0.05) is 12.6 Å². The van der Waals surface area contributed by atoms with Gasteiger partial charge in [-0.3, -0.25) is 9.89 Å². The highest BCUT2D eigenvalue weighted by Crippen LogP contribution is 2.35. The molecule has 0 aliphatic heterocycles. The standard InChI is InChI=1S/C21H26F3N3O/c1-12-5-8-15(21(2,3)4)13(9-12)11-27(14-6-7-14)20(28)17-16(10-22)25-26-18(17)19(23)24/h5,8-9,14,19H,6-7,10-11H2,1-4H3,(H,25,26). The maximum Gasteiger partial charge on any atom is 0.282 e. The zero-order chi connectivity index (χ0) is 20.6. The average Bonchev–Trinajstić information content (AvgIpc) is 3.35. The number of benzene rings is 1. The first-order valence-electron chi connectivity index (χ1n) is 9.45. The fourth-order valence-electron chi connectivity index (χ4n) is 3.55. The number of aryl methyl sites for hydroxylation is 1. The van der Waals surface area contributed by atoms with E-state index < -0.39 is 24.7 Å². The van der Waals surface area contributed by atoms with Crippen LogP contribution in [-0.2, 0) is 18.6 Å². The molecule has 0 spiro atoms. The molecule has 1 heterocycles. The summed E-state index contributed by atoms with van der Waals surface area (Å²) in [7, 11) is 0. The zero-order valence-electron chi connectivity index (χ0n) is 16.7. The summed E-state index contributed by atoms with van der Waals surface area (Å²) < 4.78 is 40.0. The average molecular weight is 393 g/mol. The molecule has 3 rings (SSSR count). The fraction of sp³-hybridized carbons (Fsp3) is 0.524. The summed E-state index contributed by atoms with van der Waals surface area (Å²) >= 11 is 0. The van der Waals surface area contributed by atoms with Crippen LogP contribution in [-0.4, -0.2) is 27.0 Å². The van der Waals surface area contributed by atoms with Crippen LogP contribution in [0.25, 0.3) is 0 Å². The molecule has 1 amide bonds. The van der Waals surface area contributed by atoms with Gasteiger partial charge in [-0.2, -0.15) is 5.10 Å². The van der Waals surface area contributed by atoms with Gasteiger partial charge in [0.15, 0.2) is 0 Å². The van der Waals surface area contributed by atoms with E-state index in [4.69, 9.17) is 0 Å². The number of nitrogens with one attached hydrogen (secondary N) is 1. The number of halogens is 3. The second kappa shape index (κ2) is 7.60. The fourth-order valence-corrected chi connectivity index (χ4v) is 3.55. The number of aromatic nitrogens is 2. The van der Waals surface area contributed by atoms with E-state index in [9.17, 15) is 18.0 Å². The van der Waals surface area contributed by atoms with Crippen molar-refractivity contribution in [2.45, 2.75) is 71.6 Å². The Morgan fingerprint density at radius 2 is 2.00 bits per heavy atom. The van der Waals surface area contributed by atoms with Gasteiger partial charge in [-0.15, -0.1) is 0 Å². The highest BCUT2D eigenvalue weighted by atomic mass is 19.3. The van der Waals surface area contributed by atoms with Crippen molar-refractivity contribution in [3.63, 3.8) is 0 Å². The molecule has 152 valence electrons. The summed E-state index contributed by atoms with van der Waals surface area (Å²) in [6, 6.07) is 6.09. The quantitative estimate of drug-likeness (QED) is 0.731. The Kier molecular flexibility index (Phi) is 5.55. The minimum Gasteiger partial charge on any atom is -0.331 e. The van der Waals surface area contributed by atoms with Gasteiger partial charge in [0.2, 0.25) is 0 Å². The minimum absolute atomic E-state index is 0.0197. The monoisotopic (exact) mass is 393 g/mol. The molecule has 0 bridgehead atoms. The molecule has 1 N–H and O–H groups in total. The molecule has 0 radical (unpaired) electrons. The lowest BCUT2D eigenvalue weighted by molar-refractivity contribution is 0.0714. The van der Waals surface area contributed by atoms with Crippen molar-refractivity contribution in [1.29, 1.82) is 0 Å². The topological polar surface area (TPSA) is 49.0 Å². The van der Waals surface area contributed by atoms with Gasteiger partial charge >= 0.3 is 0 Å². The van der Waals surface area contributed by atoms with Crippen LogP contribution in [0.3, 0.4) is 0 Å². The van der Waals surface area contributed by atoms with E-state index in [1.807, 2.05) is 19.1 Å². The van der Waals surface area contributed by atoms with Gasteiger partial charge < -0.3 is 4.90 Å². The summed E-state index contributed by atoms with van der Waals surface area (Å²) in [4.78, 5) is 14.8. The number of hydrogen-bond donors (Lipinski definition) is 1. The molecule has 2 aromatic rings. The molecular formula is C21H26F3N3O. The van der Waals surface area contributed by atoms with Crippen molar-refractivity contribution >= 4 is 5.91 Å². The lowest BCUT2D eigenvalue weighted by Gasteiger charge is -2.28. The van der Waals surface area contributed by atoms with E-state index in [2.05, 4.69) is 37.0 Å². The molecule has 7 heteroatoms. The Labute approximate surface area is 163 Å². The molecule has 1 aliphatic carbocycles. The Hall–Kier alpha value is -2.31. The number of carbonyl (C=O) groups is 1. The highest BCUT2D eigenvalue weighted by Gasteiger charge is 2.37. The van der Waals surface area contributed by atoms with Crippen LogP contribution in [0.4, 0.5) is 13.2 Å². The van der Waals surface area contributed by atoms with E-state index >= 15 is 0 Å². The Morgan fingerprint density at radius 3 is 2.54 bits per heavy atom. The number of H-pyrrole nitrogens is 1. The molecular weight excluding hydrogens is 367 g/mol. The summed E-state index contributed by atoms with van der Waals surface area (Å²) in [6.45, 7) is 7.52. The second-order valence-corrected chi connectivity index (χ2v) is 8.47. The van der Waals surface area contributed by atoms with Gasteiger partial charge in [-0.1, -0.05) is 44.5 Å². The molecule has 0 saturated heterocycles. The second-order valence-electron chi connectivity index (χ2n) is 8.47. The number of aromatic amines is 1. The maximum absolute atomic E-state index is 13.3. The van der Waals surface area contributed by atoms with E-state index in [-0.39, 0.29) is 22.7 Å². The van der Waals surface area contributed by atoms with Gasteiger partial charge in [0.25, 0.3) is 12.3 Å². The van der Waals surface area contributed by atoms with Gasteiger partial charge in [-0.05, 0) is 36.3 Å².